The molecule has 0 aliphatic heterocycles. The van der Waals surface area contributed by atoms with Crippen LogP contribution in [0.2, 0.25) is 0 Å². The van der Waals surface area contributed by atoms with Crippen LogP contribution in [-0.4, -0.2) is 50.0 Å². The smallest absolute Gasteiger partial charge is 0.191 e. The number of nitrogens with zero attached hydrogens (tertiary/aromatic N) is 1. The molecule has 0 spiro atoms. The van der Waals surface area contributed by atoms with E-state index >= 15 is 0 Å². The summed E-state index contributed by atoms with van der Waals surface area (Å²) >= 11 is 0. The van der Waals surface area contributed by atoms with Gasteiger partial charge in [0, 0.05) is 20.2 Å². The van der Waals surface area contributed by atoms with Crippen molar-refractivity contribution in [3.63, 3.8) is 0 Å². The Kier molecular flexibility index (Phi) is 9.60. The Labute approximate surface area is 164 Å². The molecule has 2 unspecified atom stereocenters. The van der Waals surface area contributed by atoms with Crippen molar-refractivity contribution in [3.8, 4) is 5.75 Å². The number of ether oxygens (including phenoxy) is 2. The average Bonchev–Trinajstić information content (AvgIpc) is 2.58. The summed E-state index contributed by atoms with van der Waals surface area (Å²) in [7, 11) is 1.71. The van der Waals surface area contributed by atoms with Gasteiger partial charge in [-0.2, -0.15) is 0 Å². The minimum Gasteiger partial charge on any atom is -0.491 e. The van der Waals surface area contributed by atoms with Crippen LogP contribution >= 0.6 is 0 Å². The van der Waals surface area contributed by atoms with Crippen molar-refractivity contribution < 1.29 is 14.6 Å². The number of benzene rings is 1. The van der Waals surface area contributed by atoms with Crippen LogP contribution in [0.1, 0.15) is 53.2 Å². The molecule has 0 bridgehead atoms. The van der Waals surface area contributed by atoms with E-state index in [1.54, 1.807) is 7.11 Å². The van der Waals surface area contributed by atoms with Crippen molar-refractivity contribution in [2.75, 3.05) is 26.7 Å². The van der Waals surface area contributed by atoms with Gasteiger partial charge in [0.1, 0.15) is 5.75 Å². The third-order valence-electron chi connectivity index (χ3n) is 4.09. The quantitative estimate of drug-likeness (QED) is 0.454. The lowest BCUT2D eigenvalue weighted by Gasteiger charge is -2.28. The van der Waals surface area contributed by atoms with E-state index in [0.717, 1.165) is 17.9 Å². The average molecular weight is 380 g/mol. The molecule has 3 N–H and O–H groups in total. The van der Waals surface area contributed by atoms with Gasteiger partial charge in [-0.25, -0.2) is 0 Å². The van der Waals surface area contributed by atoms with Crippen LogP contribution in [0.3, 0.4) is 0 Å². The predicted molar refractivity (Wildman–Crippen MR) is 111 cm³/mol. The van der Waals surface area contributed by atoms with E-state index in [1.807, 2.05) is 45.0 Å². The molecule has 0 aliphatic carbocycles. The number of nitrogens with one attached hydrogen (secondary N) is 2. The Bertz CT molecular complexity index is 582. The van der Waals surface area contributed by atoms with Gasteiger partial charge in [-0.05, 0) is 43.9 Å². The molecule has 27 heavy (non-hydrogen) atoms. The van der Waals surface area contributed by atoms with Gasteiger partial charge in [-0.15, -0.1) is 0 Å². The predicted octanol–water partition coefficient (Wildman–Crippen LogP) is 3.12. The lowest BCUT2D eigenvalue weighted by molar-refractivity contribution is 0.0241. The second kappa shape index (κ2) is 11.1. The summed E-state index contributed by atoms with van der Waals surface area (Å²) in [6, 6.07) is 7.55. The van der Waals surface area contributed by atoms with Crippen molar-refractivity contribution in [1.29, 1.82) is 0 Å². The molecule has 0 amide bonds. The molecule has 154 valence electrons. The SMILES string of the molecule is CCNC(=NCC(OC)C(C)(C)C)NCC(O)c1cccc(OC(C)C)c1. The molecule has 6 nitrogen and oxygen atoms in total. The van der Waals surface area contributed by atoms with E-state index in [9.17, 15) is 5.11 Å². The first-order valence-electron chi connectivity index (χ1n) is 9.67. The Balaban J connectivity index is 2.71. The summed E-state index contributed by atoms with van der Waals surface area (Å²) in [4.78, 5) is 4.61. The lowest BCUT2D eigenvalue weighted by Crippen LogP contribution is -2.41. The number of guanidine groups is 1. The number of aliphatic hydroxyl groups is 1. The Morgan fingerprint density at radius 2 is 1.93 bits per heavy atom. The molecule has 0 saturated heterocycles. The molecule has 0 heterocycles. The highest BCUT2D eigenvalue weighted by Crippen LogP contribution is 2.22. The van der Waals surface area contributed by atoms with Gasteiger partial charge in [0.2, 0.25) is 0 Å². The summed E-state index contributed by atoms with van der Waals surface area (Å²) in [5, 5.41) is 16.9. The fourth-order valence-electron chi connectivity index (χ4n) is 2.60. The van der Waals surface area contributed by atoms with Crippen LogP contribution < -0.4 is 15.4 Å². The van der Waals surface area contributed by atoms with E-state index in [-0.39, 0.29) is 17.6 Å². The van der Waals surface area contributed by atoms with Crippen molar-refractivity contribution in [1.82, 2.24) is 10.6 Å². The zero-order valence-corrected chi connectivity index (χ0v) is 17.9. The number of aliphatic hydroxyl groups excluding tert-OH is 1. The minimum absolute atomic E-state index is 0.00590. The van der Waals surface area contributed by atoms with Gasteiger partial charge in [-0.1, -0.05) is 32.9 Å². The largest absolute Gasteiger partial charge is 0.491 e. The molecule has 1 rings (SSSR count). The highest BCUT2D eigenvalue weighted by atomic mass is 16.5. The summed E-state index contributed by atoms with van der Waals surface area (Å²) in [6.07, 6.45) is -0.548. The van der Waals surface area contributed by atoms with Gasteiger partial charge in [0.15, 0.2) is 5.96 Å². The van der Waals surface area contributed by atoms with Crippen molar-refractivity contribution in [2.24, 2.45) is 10.4 Å². The van der Waals surface area contributed by atoms with Crippen molar-refractivity contribution in [3.05, 3.63) is 29.8 Å². The second-order valence-corrected chi connectivity index (χ2v) is 7.95. The zero-order valence-electron chi connectivity index (χ0n) is 17.9. The normalized spacial score (nSPS) is 14.8. The fraction of sp³-hybridized carbons (Fsp3) is 0.667. The molecule has 6 heteroatoms. The zero-order chi connectivity index (χ0) is 20.4. The van der Waals surface area contributed by atoms with Gasteiger partial charge in [-0.3, -0.25) is 4.99 Å². The number of aliphatic imine (C=N–C) groups is 1. The molecule has 1 aromatic rings. The molecular formula is C21H37N3O3. The third kappa shape index (κ3) is 8.63. The van der Waals surface area contributed by atoms with E-state index in [1.165, 1.54) is 0 Å². The van der Waals surface area contributed by atoms with Crippen LogP contribution in [0, 0.1) is 5.41 Å². The molecule has 0 aromatic heterocycles. The van der Waals surface area contributed by atoms with E-state index < -0.39 is 6.10 Å². The van der Waals surface area contributed by atoms with E-state index in [4.69, 9.17) is 9.47 Å². The van der Waals surface area contributed by atoms with E-state index in [2.05, 4.69) is 36.4 Å². The maximum Gasteiger partial charge on any atom is 0.191 e. The van der Waals surface area contributed by atoms with Crippen molar-refractivity contribution in [2.45, 2.75) is 59.9 Å². The highest BCUT2D eigenvalue weighted by molar-refractivity contribution is 5.79. The molecule has 0 fully saturated rings. The lowest BCUT2D eigenvalue weighted by atomic mass is 9.89. The summed E-state index contributed by atoms with van der Waals surface area (Å²) in [5.74, 6) is 1.42. The highest BCUT2D eigenvalue weighted by Gasteiger charge is 2.24. The number of rotatable bonds is 9. The number of hydrogen-bond acceptors (Lipinski definition) is 4. The standard InChI is InChI=1S/C21H37N3O3/c1-8-22-20(24-14-19(26-7)21(4,5)6)23-13-18(25)16-10-9-11-17(12-16)27-15(2)3/h9-12,15,18-19,25H,8,13-14H2,1-7H3,(H2,22,23,24). The second-order valence-electron chi connectivity index (χ2n) is 7.95. The van der Waals surface area contributed by atoms with Gasteiger partial charge in [0.05, 0.1) is 24.9 Å². The van der Waals surface area contributed by atoms with Crippen LogP contribution in [-0.2, 0) is 4.74 Å². The molecule has 0 radical (unpaired) electrons. The molecule has 0 aliphatic rings. The summed E-state index contributed by atoms with van der Waals surface area (Å²) in [6.45, 7) is 14.0. The third-order valence-corrected chi connectivity index (χ3v) is 4.09. The van der Waals surface area contributed by atoms with Gasteiger partial charge in [0.25, 0.3) is 0 Å². The first kappa shape index (κ1) is 23.2. The monoisotopic (exact) mass is 379 g/mol. The maximum absolute atomic E-state index is 10.5. The molecule has 0 saturated carbocycles. The summed E-state index contributed by atoms with van der Waals surface area (Å²) < 4.78 is 11.3. The Morgan fingerprint density at radius 1 is 1.22 bits per heavy atom. The van der Waals surface area contributed by atoms with E-state index in [0.29, 0.717) is 19.0 Å². The minimum atomic E-state index is -0.662. The van der Waals surface area contributed by atoms with Crippen LogP contribution in [0.25, 0.3) is 0 Å². The Morgan fingerprint density at radius 3 is 2.48 bits per heavy atom. The Hall–Kier alpha value is -1.79. The first-order valence-corrected chi connectivity index (χ1v) is 9.67. The van der Waals surface area contributed by atoms with Crippen LogP contribution in [0.15, 0.2) is 29.3 Å². The molecular weight excluding hydrogens is 342 g/mol. The molecule has 2 atom stereocenters. The van der Waals surface area contributed by atoms with Gasteiger partial charge >= 0.3 is 0 Å². The van der Waals surface area contributed by atoms with Crippen molar-refractivity contribution >= 4 is 5.96 Å². The topological polar surface area (TPSA) is 75.1 Å². The number of methoxy groups -OCH3 is 1. The number of hydrogen-bond donors (Lipinski definition) is 3. The van der Waals surface area contributed by atoms with Crippen LogP contribution in [0.5, 0.6) is 5.75 Å². The van der Waals surface area contributed by atoms with Crippen LogP contribution in [0.4, 0.5) is 0 Å². The summed E-state index contributed by atoms with van der Waals surface area (Å²) in [5.41, 5.74) is 0.812. The first-order chi connectivity index (χ1) is 12.7. The maximum atomic E-state index is 10.5. The van der Waals surface area contributed by atoms with Gasteiger partial charge < -0.3 is 25.2 Å². The molecule has 1 aromatic carbocycles. The fourth-order valence-corrected chi connectivity index (χ4v) is 2.60.